The Balaban J connectivity index is 1.62. The number of benzene rings is 1. The number of carbonyl (C=O) groups is 1. The molecule has 0 unspecified atom stereocenters. The molecule has 5 nitrogen and oxygen atoms in total. The molecule has 7 heteroatoms. The maximum absolute atomic E-state index is 12.6. The first kappa shape index (κ1) is 15.2. The van der Waals surface area contributed by atoms with Gasteiger partial charge >= 0.3 is 0 Å². The number of halogens is 1. The first-order chi connectivity index (χ1) is 11.7. The van der Waals surface area contributed by atoms with Crippen molar-refractivity contribution >= 4 is 34.5 Å². The molecule has 0 spiro atoms. The van der Waals surface area contributed by atoms with E-state index in [2.05, 4.69) is 10.5 Å². The Kier molecular flexibility index (Phi) is 3.78. The second-order valence-corrected chi connectivity index (χ2v) is 6.81. The second-order valence-electron chi connectivity index (χ2n) is 5.40. The zero-order valence-electron chi connectivity index (χ0n) is 12.8. The highest BCUT2D eigenvalue weighted by Crippen LogP contribution is 2.38. The van der Waals surface area contributed by atoms with E-state index in [1.165, 1.54) is 4.88 Å². The van der Waals surface area contributed by atoms with Crippen LogP contribution in [0.1, 0.15) is 20.9 Å². The topological polar surface area (TPSA) is 64.4 Å². The molecular formula is C17H13ClN2O3S. The Morgan fingerprint density at radius 3 is 3.04 bits per heavy atom. The van der Waals surface area contributed by atoms with Gasteiger partial charge in [-0.25, -0.2) is 0 Å². The Bertz CT molecular complexity index is 932. The van der Waals surface area contributed by atoms with Crippen LogP contribution in [0.5, 0.6) is 5.75 Å². The largest absolute Gasteiger partial charge is 0.495 e. The SMILES string of the molecule is COc1ccc(NC(=O)c2noc3c2CCc2sccc2-3)cc1Cl. The lowest BCUT2D eigenvalue weighted by molar-refractivity contribution is 0.101. The van der Waals surface area contributed by atoms with E-state index in [1.807, 2.05) is 11.4 Å². The van der Waals surface area contributed by atoms with Crippen LogP contribution in [0.15, 0.2) is 34.2 Å². The molecule has 0 aliphatic heterocycles. The number of anilines is 1. The summed E-state index contributed by atoms with van der Waals surface area (Å²) >= 11 is 7.79. The van der Waals surface area contributed by atoms with Gasteiger partial charge in [0.05, 0.1) is 12.1 Å². The van der Waals surface area contributed by atoms with E-state index in [0.717, 1.165) is 24.0 Å². The summed E-state index contributed by atoms with van der Waals surface area (Å²) in [6.45, 7) is 0. The molecule has 122 valence electrons. The molecule has 0 bridgehead atoms. The summed E-state index contributed by atoms with van der Waals surface area (Å²) in [7, 11) is 1.54. The van der Waals surface area contributed by atoms with Gasteiger partial charge in [0, 0.05) is 21.7 Å². The van der Waals surface area contributed by atoms with Gasteiger partial charge in [0.1, 0.15) is 5.75 Å². The number of ether oxygens (including phenoxy) is 1. The van der Waals surface area contributed by atoms with E-state index in [4.69, 9.17) is 20.9 Å². The molecule has 2 aromatic heterocycles. The second kappa shape index (κ2) is 5.96. The van der Waals surface area contributed by atoms with Crippen LogP contribution in [0, 0.1) is 0 Å². The molecule has 0 fully saturated rings. The van der Waals surface area contributed by atoms with Crippen LogP contribution in [0.25, 0.3) is 11.3 Å². The first-order valence-corrected chi connectivity index (χ1v) is 8.63. The van der Waals surface area contributed by atoms with Crippen LogP contribution in [0.3, 0.4) is 0 Å². The maximum atomic E-state index is 12.6. The normalized spacial score (nSPS) is 12.4. The summed E-state index contributed by atoms with van der Waals surface area (Å²) < 4.78 is 10.5. The summed E-state index contributed by atoms with van der Waals surface area (Å²) in [4.78, 5) is 13.8. The predicted octanol–water partition coefficient (Wildman–Crippen LogP) is 4.42. The van der Waals surface area contributed by atoms with Gasteiger partial charge in [-0.3, -0.25) is 4.79 Å². The van der Waals surface area contributed by atoms with Gasteiger partial charge in [0.25, 0.3) is 5.91 Å². The number of hydrogen-bond donors (Lipinski definition) is 1. The number of methoxy groups -OCH3 is 1. The van der Waals surface area contributed by atoms with Gasteiger partial charge in [-0.15, -0.1) is 11.3 Å². The molecular weight excluding hydrogens is 348 g/mol. The van der Waals surface area contributed by atoms with E-state index in [9.17, 15) is 4.79 Å². The van der Waals surface area contributed by atoms with Crippen molar-refractivity contribution in [1.82, 2.24) is 5.16 Å². The third-order valence-corrected chi connectivity index (χ3v) is 5.28. The number of amides is 1. The molecule has 1 aliphatic carbocycles. The number of carbonyl (C=O) groups excluding carboxylic acids is 1. The average Bonchev–Trinajstić information content (AvgIpc) is 3.21. The lowest BCUT2D eigenvalue weighted by atomic mass is 9.95. The Morgan fingerprint density at radius 1 is 1.38 bits per heavy atom. The van der Waals surface area contributed by atoms with Crippen molar-refractivity contribution in [1.29, 1.82) is 0 Å². The molecule has 2 heterocycles. The number of aryl methyl sites for hydroxylation is 1. The van der Waals surface area contributed by atoms with Crippen molar-refractivity contribution in [3.63, 3.8) is 0 Å². The molecule has 1 N–H and O–H groups in total. The summed E-state index contributed by atoms with van der Waals surface area (Å²) in [5.74, 6) is 0.953. The minimum atomic E-state index is -0.306. The van der Waals surface area contributed by atoms with Crippen LogP contribution >= 0.6 is 22.9 Å². The fourth-order valence-electron chi connectivity index (χ4n) is 2.84. The van der Waals surface area contributed by atoms with Gasteiger partial charge < -0.3 is 14.6 Å². The zero-order valence-corrected chi connectivity index (χ0v) is 14.3. The monoisotopic (exact) mass is 360 g/mol. The number of fused-ring (bicyclic) bond motifs is 3. The van der Waals surface area contributed by atoms with E-state index in [1.54, 1.807) is 36.6 Å². The van der Waals surface area contributed by atoms with Crippen molar-refractivity contribution in [3.8, 4) is 17.1 Å². The third kappa shape index (κ3) is 2.48. The van der Waals surface area contributed by atoms with E-state index in [-0.39, 0.29) is 5.91 Å². The summed E-state index contributed by atoms with van der Waals surface area (Å²) in [5.41, 5.74) is 2.81. The van der Waals surface area contributed by atoms with Gasteiger partial charge in [-0.05, 0) is 42.5 Å². The van der Waals surface area contributed by atoms with Crippen molar-refractivity contribution in [2.24, 2.45) is 0 Å². The molecule has 1 aromatic carbocycles. The Hall–Kier alpha value is -2.31. The minimum absolute atomic E-state index is 0.306. The number of nitrogens with one attached hydrogen (secondary N) is 1. The van der Waals surface area contributed by atoms with Crippen molar-refractivity contribution in [2.45, 2.75) is 12.8 Å². The standard InChI is InChI=1S/C17H13ClN2O3S/c1-22-13-4-2-9(8-12(13)18)19-17(21)15-11-3-5-14-10(6-7-24-14)16(11)23-20-15/h2,4,6-8H,3,5H2,1H3,(H,19,21). The number of hydrogen-bond acceptors (Lipinski definition) is 5. The molecule has 0 saturated carbocycles. The summed E-state index contributed by atoms with van der Waals surface area (Å²) in [5, 5.41) is 9.25. The highest BCUT2D eigenvalue weighted by Gasteiger charge is 2.28. The Morgan fingerprint density at radius 2 is 2.25 bits per heavy atom. The van der Waals surface area contributed by atoms with Crippen LogP contribution < -0.4 is 10.1 Å². The molecule has 1 aliphatic rings. The van der Waals surface area contributed by atoms with E-state index < -0.39 is 0 Å². The predicted molar refractivity (Wildman–Crippen MR) is 93.2 cm³/mol. The van der Waals surface area contributed by atoms with Crippen LogP contribution in [-0.4, -0.2) is 18.2 Å². The molecule has 4 rings (SSSR count). The molecule has 3 aromatic rings. The lowest BCUT2D eigenvalue weighted by Gasteiger charge is -2.11. The molecule has 0 radical (unpaired) electrons. The smallest absolute Gasteiger partial charge is 0.278 e. The fourth-order valence-corrected chi connectivity index (χ4v) is 3.97. The molecule has 24 heavy (non-hydrogen) atoms. The van der Waals surface area contributed by atoms with Crippen molar-refractivity contribution in [2.75, 3.05) is 12.4 Å². The highest BCUT2D eigenvalue weighted by atomic mass is 35.5. The van der Waals surface area contributed by atoms with Gasteiger partial charge in [0.2, 0.25) is 0 Å². The highest BCUT2D eigenvalue weighted by molar-refractivity contribution is 7.10. The number of thiophene rings is 1. The number of rotatable bonds is 3. The van der Waals surface area contributed by atoms with Crippen molar-refractivity contribution in [3.05, 3.63) is 50.8 Å². The summed E-state index contributed by atoms with van der Waals surface area (Å²) in [6.07, 6.45) is 1.65. The van der Waals surface area contributed by atoms with Gasteiger partial charge in [0.15, 0.2) is 11.5 Å². The van der Waals surface area contributed by atoms with Gasteiger partial charge in [-0.1, -0.05) is 16.8 Å². The van der Waals surface area contributed by atoms with E-state index >= 15 is 0 Å². The van der Waals surface area contributed by atoms with Crippen molar-refractivity contribution < 1.29 is 14.1 Å². The first-order valence-electron chi connectivity index (χ1n) is 7.37. The third-order valence-electron chi connectivity index (χ3n) is 4.00. The number of nitrogens with zero attached hydrogens (tertiary/aromatic N) is 1. The quantitative estimate of drug-likeness (QED) is 0.751. The molecule has 0 saturated heterocycles. The number of aromatic nitrogens is 1. The molecule has 1 amide bonds. The Labute approximate surface area is 147 Å². The van der Waals surface area contributed by atoms with Crippen LogP contribution in [-0.2, 0) is 12.8 Å². The minimum Gasteiger partial charge on any atom is -0.495 e. The fraction of sp³-hybridized carbons (Fsp3) is 0.176. The van der Waals surface area contributed by atoms with Crippen LogP contribution in [0.4, 0.5) is 5.69 Å². The van der Waals surface area contributed by atoms with Crippen LogP contribution in [0.2, 0.25) is 5.02 Å². The van der Waals surface area contributed by atoms with Gasteiger partial charge in [-0.2, -0.15) is 0 Å². The molecule has 0 atom stereocenters. The maximum Gasteiger partial charge on any atom is 0.278 e. The zero-order chi connectivity index (χ0) is 16.7. The van der Waals surface area contributed by atoms with E-state index in [0.29, 0.717) is 27.9 Å². The average molecular weight is 361 g/mol. The lowest BCUT2D eigenvalue weighted by Crippen LogP contribution is -2.15. The summed E-state index contributed by atoms with van der Waals surface area (Å²) in [6, 6.07) is 7.08.